The number of amides is 1. The van der Waals surface area contributed by atoms with Gasteiger partial charge in [0.2, 0.25) is 0 Å². The van der Waals surface area contributed by atoms with Crippen LogP contribution in [0.5, 0.6) is 5.75 Å². The van der Waals surface area contributed by atoms with E-state index >= 15 is 0 Å². The van der Waals surface area contributed by atoms with Crippen LogP contribution in [-0.2, 0) is 20.8 Å². The number of carbonyl (C=O) groups excluding carboxylic acids is 1. The maximum Gasteiger partial charge on any atom is 0.255 e. The molecule has 0 spiro atoms. The maximum absolute atomic E-state index is 10.6. The van der Waals surface area contributed by atoms with Crippen LogP contribution in [0.15, 0.2) is 24.3 Å². The van der Waals surface area contributed by atoms with E-state index < -0.39 is 5.91 Å². The van der Waals surface area contributed by atoms with E-state index in [0.717, 1.165) is 18.7 Å². The van der Waals surface area contributed by atoms with E-state index in [0.29, 0.717) is 25.6 Å². The Labute approximate surface area is 119 Å². The summed E-state index contributed by atoms with van der Waals surface area (Å²) < 4.78 is 15.4. The van der Waals surface area contributed by atoms with E-state index in [1.165, 1.54) is 0 Å². The van der Waals surface area contributed by atoms with Crippen LogP contribution in [0.25, 0.3) is 0 Å². The van der Waals surface area contributed by atoms with Crippen LogP contribution in [0.4, 0.5) is 0 Å². The molecule has 0 aliphatic heterocycles. The number of hydrogen-bond donors (Lipinski definition) is 2. The van der Waals surface area contributed by atoms with Crippen LogP contribution in [0.2, 0.25) is 0 Å². The second-order valence-electron chi connectivity index (χ2n) is 4.18. The zero-order valence-electron chi connectivity index (χ0n) is 11.8. The highest BCUT2D eigenvalue weighted by molar-refractivity contribution is 5.75. The number of nitrogens with one attached hydrogen (secondary N) is 1. The van der Waals surface area contributed by atoms with Crippen molar-refractivity contribution in [1.29, 1.82) is 0 Å². The first-order valence-corrected chi connectivity index (χ1v) is 6.50. The van der Waals surface area contributed by atoms with Crippen molar-refractivity contribution >= 4 is 5.91 Å². The first-order valence-electron chi connectivity index (χ1n) is 6.50. The Hall–Kier alpha value is -1.63. The SMILES string of the molecule is COCCOCCNCc1ccc(OCC(N)=O)cc1. The predicted molar refractivity (Wildman–Crippen MR) is 75.5 cm³/mol. The fourth-order valence-electron chi connectivity index (χ4n) is 1.48. The lowest BCUT2D eigenvalue weighted by atomic mass is 10.2. The summed E-state index contributed by atoms with van der Waals surface area (Å²) in [6.45, 7) is 3.32. The minimum absolute atomic E-state index is 0.101. The Balaban J connectivity index is 2.13. The van der Waals surface area contributed by atoms with Crippen molar-refractivity contribution in [2.24, 2.45) is 5.73 Å². The van der Waals surface area contributed by atoms with Gasteiger partial charge in [0.1, 0.15) is 5.75 Å². The van der Waals surface area contributed by atoms with Crippen LogP contribution < -0.4 is 15.8 Å². The number of rotatable bonds is 11. The molecule has 1 aromatic rings. The largest absolute Gasteiger partial charge is 0.484 e. The molecule has 0 fully saturated rings. The minimum Gasteiger partial charge on any atom is -0.484 e. The number of primary amides is 1. The monoisotopic (exact) mass is 282 g/mol. The summed E-state index contributed by atoms with van der Waals surface area (Å²) in [4.78, 5) is 10.6. The van der Waals surface area contributed by atoms with Gasteiger partial charge in [-0.15, -0.1) is 0 Å². The Morgan fingerprint density at radius 1 is 1.20 bits per heavy atom. The molecule has 3 N–H and O–H groups in total. The van der Waals surface area contributed by atoms with Gasteiger partial charge < -0.3 is 25.3 Å². The molecule has 1 rings (SSSR count). The summed E-state index contributed by atoms with van der Waals surface area (Å²) in [6, 6.07) is 7.51. The van der Waals surface area contributed by atoms with Crippen molar-refractivity contribution in [2.75, 3.05) is 40.1 Å². The van der Waals surface area contributed by atoms with Gasteiger partial charge >= 0.3 is 0 Å². The third kappa shape index (κ3) is 7.73. The van der Waals surface area contributed by atoms with Gasteiger partial charge in [0, 0.05) is 20.2 Å². The van der Waals surface area contributed by atoms with E-state index in [1.807, 2.05) is 24.3 Å². The second kappa shape index (κ2) is 10.2. The Morgan fingerprint density at radius 2 is 1.95 bits per heavy atom. The number of hydrogen-bond acceptors (Lipinski definition) is 5. The molecule has 0 unspecified atom stereocenters. The van der Waals surface area contributed by atoms with Crippen LogP contribution >= 0.6 is 0 Å². The highest BCUT2D eigenvalue weighted by atomic mass is 16.5. The standard InChI is InChI=1S/C14H22N2O4/c1-18-8-9-19-7-6-16-10-12-2-4-13(5-3-12)20-11-14(15)17/h2-5,16H,6-11H2,1H3,(H2,15,17). The van der Waals surface area contributed by atoms with Gasteiger partial charge in [0.15, 0.2) is 6.61 Å². The molecular weight excluding hydrogens is 260 g/mol. The molecule has 0 radical (unpaired) electrons. The van der Waals surface area contributed by atoms with Crippen molar-refractivity contribution in [3.63, 3.8) is 0 Å². The summed E-state index contributed by atoms with van der Waals surface area (Å²) in [5.41, 5.74) is 6.13. The van der Waals surface area contributed by atoms with Crippen molar-refractivity contribution in [3.8, 4) is 5.75 Å². The number of methoxy groups -OCH3 is 1. The zero-order chi connectivity index (χ0) is 14.6. The molecule has 0 aliphatic carbocycles. The third-order valence-electron chi connectivity index (χ3n) is 2.49. The van der Waals surface area contributed by atoms with Gasteiger partial charge in [-0.25, -0.2) is 0 Å². The van der Waals surface area contributed by atoms with E-state index in [4.69, 9.17) is 19.9 Å². The van der Waals surface area contributed by atoms with Crippen molar-refractivity contribution < 1.29 is 19.0 Å². The highest BCUT2D eigenvalue weighted by Gasteiger charge is 1.98. The van der Waals surface area contributed by atoms with Crippen molar-refractivity contribution in [2.45, 2.75) is 6.54 Å². The summed E-state index contributed by atoms with van der Waals surface area (Å²) >= 11 is 0. The maximum atomic E-state index is 10.6. The average Bonchev–Trinajstić information content (AvgIpc) is 2.45. The molecule has 0 saturated carbocycles. The predicted octanol–water partition coefficient (Wildman–Crippen LogP) is 0.303. The summed E-state index contributed by atoms with van der Waals surface area (Å²) in [7, 11) is 1.65. The second-order valence-corrected chi connectivity index (χ2v) is 4.18. The van der Waals surface area contributed by atoms with Gasteiger partial charge in [0.05, 0.1) is 19.8 Å². The molecule has 0 atom stereocenters. The molecule has 112 valence electrons. The van der Waals surface area contributed by atoms with Gasteiger partial charge in [-0.3, -0.25) is 4.79 Å². The van der Waals surface area contributed by atoms with Crippen molar-refractivity contribution in [3.05, 3.63) is 29.8 Å². The Bertz CT molecular complexity index is 381. The lowest BCUT2D eigenvalue weighted by Gasteiger charge is -2.07. The molecule has 0 aliphatic rings. The van der Waals surface area contributed by atoms with E-state index in [1.54, 1.807) is 7.11 Å². The van der Waals surface area contributed by atoms with Gasteiger partial charge in [-0.05, 0) is 17.7 Å². The first kappa shape index (κ1) is 16.4. The molecular formula is C14H22N2O4. The van der Waals surface area contributed by atoms with Crippen molar-refractivity contribution in [1.82, 2.24) is 5.32 Å². The molecule has 20 heavy (non-hydrogen) atoms. The molecule has 6 heteroatoms. The molecule has 0 aromatic heterocycles. The average molecular weight is 282 g/mol. The molecule has 1 amide bonds. The number of ether oxygens (including phenoxy) is 3. The smallest absolute Gasteiger partial charge is 0.255 e. The molecule has 0 bridgehead atoms. The van der Waals surface area contributed by atoms with E-state index in [2.05, 4.69) is 5.32 Å². The fraction of sp³-hybridized carbons (Fsp3) is 0.500. The number of carbonyl (C=O) groups is 1. The van der Waals surface area contributed by atoms with E-state index in [9.17, 15) is 4.79 Å². The lowest BCUT2D eigenvalue weighted by Crippen LogP contribution is -2.20. The van der Waals surface area contributed by atoms with Gasteiger partial charge in [0.25, 0.3) is 5.91 Å². The van der Waals surface area contributed by atoms with E-state index in [-0.39, 0.29) is 6.61 Å². The van der Waals surface area contributed by atoms with Crippen LogP contribution in [0.3, 0.4) is 0 Å². The fourth-order valence-corrected chi connectivity index (χ4v) is 1.48. The lowest BCUT2D eigenvalue weighted by molar-refractivity contribution is -0.119. The summed E-state index contributed by atoms with van der Waals surface area (Å²) in [6.07, 6.45) is 0. The van der Waals surface area contributed by atoms with Crippen LogP contribution in [0.1, 0.15) is 5.56 Å². The zero-order valence-corrected chi connectivity index (χ0v) is 11.8. The number of benzene rings is 1. The Morgan fingerprint density at radius 3 is 2.60 bits per heavy atom. The van der Waals surface area contributed by atoms with Crippen LogP contribution in [-0.4, -0.2) is 46.0 Å². The number of nitrogens with two attached hydrogens (primary N) is 1. The normalized spacial score (nSPS) is 10.4. The van der Waals surface area contributed by atoms with Gasteiger partial charge in [-0.1, -0.05) is 12.1 Å². The molecule has 0 saturated heterocycles. The van der Waals surface area contributed by atoms with Crippen LogP contribution in [0, 0.1) is 0 Å². The Kier molecular flexibility index (Phi) is 8.37. The third-order valence-corrected chi connectivity index (χ3v) is 2.49. The summed E-state index contributed by atoms with van der Waals surface area (Å²) in [5.74, 6) is 0.152. The minimum atomic E-state index is -0.482. The molecule has 0 heterocycles. The molecule has 6 nitrogen and oxygen atoms in total. The molecule has 1 aromatic carbocycles. The highest BCUT2D eigenvalue weighted by Crippen LogP contribution is 2.11. The first-order chi connectivity index (χ1) is 9.72. The van der Waals surface area contributed by atoms with Gasteiger partial charge in [-0.2, -0.15) is 0 Å². The topological polar surface area (TPSA) is 82.8 Å². The quantitative estimate of drug-likeness (QED) is 0.571. The summed E-state index contributed by atoms with van der Waals surface area (Å²) in [5, 5.41) is 3.27.